The molecule has 1 aliphatic carbocycles. The summed E-state index contributed by atoms with van der Waals surface area (Å²) in [5, 5.41) is 25.3. The van der Waals surface area contributed by atoms with Crippen molar-refractivity contribution in [3.8, 4) is 0 Å². The Hall–Kier alpha value is -3.36. The van der Waals surface area contributed by atoms with Gasteiger partial charge in [0.05, 0.1) is 40.9 Å². The highest BCUT2D eigenvalue weighted by molar-refractivity contribution is 5.94. The van der Waals surface area contributed by atoms with E-state index in [0.717, 1.165) is 24.8 Å². The van der Waals surface area contributed by atoms with Crippen LogP contribution in [0.15, 0.2) is 60.8 Å². The number of aliphatic hydroxyl groups is 2. The number of hydrogen-bond acceptors (Lipinski definition) is 6. The van der Waals surface area contributed by atoms with Gasteiger partial charge in [0.1, 0.15) is 5.69 Å². The lowest BCUT2D eigenvalue weighted by Gasteiger charge is -2.39. The molecule has 1 aromatic heterocycles. The monoisotopic (exact) mass is 476 g/mol. The van der Waals surface area contributed by atoms with Gasteiger partial charge in [-0.3, -0.25) is 14.6 Å². The van der Waals surface area contributed by atoms with Crippen LogP contribution in [0.2, 0.25) is 0 Å². The minimum absolute atomic E-state index is 0.0486. The Morgan fingerprint density at radius 2 is 1.66 bits per heavy atom. The summed E-state index contributed by atoms with van der Waals surface area (Å²) in [4.78, 5) is 34.1. The second kappa shape index (κ2) is 10.9. The molecule has 1 heterocycles. The molecular formula is C27H32N4O4. The van der Waals surface area contributed by atoms with Crippen LogP contribution in [0, 0.1) is 5.92 Å². The van der Waals surface area contributed by atoms with Crippen LogP contribution in [0.1, 0.15) is 54.6 Å². The van der Waals surface area contributed by atoms with E-state index in [0.29, 0.717) is 30.3 Å². The largest absolute Gasteiger partial charge is 0.391 e. The lowest BCUT2D eigenvalue weighted by molar-refractivity contribution is -0.137. The van der Waals surface area contributed by atoms with E-state index in [-0.39, 0.29) is 12.1 Å². The number of aromatic nitrogens is 2. The fourth-order valence-corrected chi connectivity index (χ4v) is 4.98. The third kappa shape index (κ3) is 6.01. The first-order valence-electron chi connectivity index (χ1n) is 12.1. The second-order valence-electron chi connectivity index (χ2n) is 9.44. The second-order valence-corrected chi connectivity index (χ2v) is 9.44. The number of para-hydroxylation sites is 2. The number of benzene rings is 2. The van der Waals surface area contributed by atoms with Gasteiger partial charge < -0.3 is 21.3 Å². The summed E-state index contributed by atoms with van der Waals surface area (Å²) in [5.41, 5.74) is 6.75. The lowest BCUT2D eigenvalue weighted by Crippen LogP contribution is -2.52. The molecule has 1 saturated carbocycles. The first-order valence-corrected chi connectivity index (χ1v) is 12.1. The summed E-state index contributed by atoms with van der Waals surface area (Å²) in [6.07, 6.45) is 4.12. The summed E-state index contributed by atoms with van der Waals surface area (Å²) in [5.74, 6) is -2.03. The maximum atomic E-state index is 13.1. The molecule has 0 radical (unpaired) electrons. The first kappa shape index (κ1) is 24.8. The van der Waals surface area contributed by atoms with Crippen LogP contribution >= 0.6 is 0 Å². The molecule has 35 heavy (non-hydrogen) atoms. The van der Waals surface area contributed by atoms with Crippen molar-refractivity contribution in [3.05, 3.63) is 72.1 Å². The van der Waals surface area contributed by atoms with Crippen LogP contribution < -0.4 is 11.1 Å². The molecule has 1 fully saturated rings. The lowest BCUT2D eigenvalue weighted by atomic mass is 9.72. The molecule has 0 bridgehead atoms. The van der Waals surface area contributed by atoms with E-state index in [1.54, 1.807) is 6.07 Å². The number of nitrogens with two attached hydrogens (primary N) is 1. The van der Waals surface area contributed by atoms with Crippen LogP contribution in [0.5, 0.6) is 0 Å². The standard InChI is InChI=1S/C27H32N4O4/c28-25(33)19(27(35)13-7-2-8-14-27)16-24(32)22(15-18-9-3-1-4-10-18)31-26(34)23-17-29-20-11-5-6-12-21(20)30-23/h1,3-6,9-12,17,19,22,24,32,35H,2,7-8,13-16H2,(H2,28,33)(H,31,34)/t19?,22-,24-/m0/s1. The fourth-order valence-electron chi connectivity index (χ4n) is 4.98. The predicted octanol–water partition coefficient (Wildman–Crippen LogP) is 2.52. The maximum Gasteiger partial charge on any atom is 0.271 e. The number of nitrogens with zero attached hydrogens (tertiary/aromatic N) is 2. The van der Waals surface area contributed by atoms with Crippen LogP contribution in [-0.2, 0) is 11.2 Å². The van der Waals surface area contributed by atoms with Gasteiger partial charge in [0, 0.05) is 0 Å². The van der Waals surface area contributed by atoms with Crippen molar-refractivity contribution in [2.45, 2.75) is 62.7 Å². The Kier molecular flexibility index (Phi) is 7.73. The molecule has 2 amide bonds. The molecule has 0 aliphatic heterocycles. The first-order chi connectivity index (χ1) is 16.9. The minimum atomic E-state index is -1.24. The Bertz CT molecular complexity index is 1160. The van der Waals surface area contributed by atoms with Crippen LogP contribution in [0.3, 0.4) is 0 Å². The van der Waals surface area contributed by atoms with Crippen molar-refractivity contribution >= 4 is 22.8 Å². The smallest absolute Gasteiger partial charge is 0.271 e. The van der Waals surface area contributed by atoms with Crippen LogP contribution in [-0.4, -0.2) is 49.7 Å². The number of rotatable bonds is 9. The predicted molar refractivity (Wildman–Crippen MR) is 132 cm³/mol. The van der Waals surface area contributed by atoms with Crippen molar-refractivity contribution in [2.24, 2.45) is 11.7 Å². The normalized spacial score (nSPS) is 17.9. The van der Waals surface area contributed by atoms with Gasteiger partial charge in [-0.2, -0.15) is 0 Å². The van der Waals surface area contributed by atoms with Crippen molar-refractivity contribution in [2.75, 3.05) is 0 Å². The van der Waals surface area contributed by atoms with E-state index < -0.39 is 35.5 Å². The highest BCUT2D eigenvalue weighted by Gasteiger charge is 2.43. The molecule has 3 atom stereocenters. The Labute approximate surface area is 204 Å². The van der Waals surface area contributed by atoms with Gasteiger partial charge in [0.2, 0.25) is 5.91 Å². The van der Waals surface area contributed by atoms with E-state index in [1.165, 1.54) is 6.20 Å². The van der Waals surface area contributed by atoms with Gasteiger partial charge in [-0.1, -0.05) is 61.7 Å². The number of fused-ring (bicyclic) bond motifs is 1. The highest BCUT2D eigenvalue weighted by atomic mass is 16.3. The van der Waals surface area contributed by atoms with E-state index in [1.807, 2.05) is 48.5 Å². The van der Waals surface area contributed by atoms with Gasteiger partial charge in [0.25, 0.3) is 5.91 Å². The average Bonchev–Trinajstić information content (AvgIpc) is 2.87. The molecule has 1 aliphatic rings. The molecule has 0 spiro atoms. The summed E-state index contributed by atoms with van der Waals surface area (Å²) in [7, 11) is 0. The molecule has 4 rings (SSSR count). The number of hydrogen-bond donors (Lipinski definition) is 4. The molecule has 0 saturated heterocycles. The number of primary amides is 1. The number of carbonyl (C=O) groups is 2. The molecule has 8 heteroatoms. The van der Waals surface area contributed by atoms with Crippen molar-refractivity contribution in [1.82, 2.24) is 15.3 Å². The zero-order valence-electron chi connectivity index (χ0n) is 19.6. The van der Waals surface area contributed by atoms with Gasteiger partial charge >= 0.3 is 0 Å². The third-order valence-electron chi connectivity index (χ3n) is 6.95. The Balaban J connectivity index is 1.56. The van der Waals surface area contributed by atoms with Crippen molar-refractivity contribution in [3.63, 3.8) is 0 Å². The Morgan fingerprint density at radius 1 is 1.00 bits per heavy atom. The van der Waals surface area contributed by atoms with Crippen LogP contribution in [0.4, 0.5) is 0 Å². The van der Waals surface area contributed by atoms with Gasteiger partial charge in [-0.25, -0.2) is 4.98 Å². The Morgan fingerprint density at radius 3 is 2.34 bits per heavy atom. The van der Waals surface area contributed by atoms with E-state index in [9.17, 15) is 19.8 Å². The van der Waals surface area contributed by atoms with Gasteiger partial charge in [0.15, 0.2) is 0 Å². The van der Waals surface area contributed by atoms with E-state index in [4.69, 9.17) is 5.73 Å². The zero-order valence-corrected chi connectivity index (χ0v) is 19.6. The summed E-state index contributed by atoms with van der Waals surface area (Å²) >= 11 is 0. The van der Waals surface area contributed by atoms with E-state index in [2.05, 4.69) is 15.3 Å². The maximum absolute atomic E-state index is 13.1. The topological polar surface area (TPSA) is 138 Å². The number of carbonyl (C=O) groups excluding carboxylic acids is 2. The summed E-state index contributed by atoms with van der Waals surface area (Å²) in [6.45, 7) is 0. The average molecular weight is 477 g/mol. The summed E-state index contributed by atoms with van der Waals surface area (Å²) < 4.78 is 0. The molecule has 2 aromatic carbocycles. The van der Waals surface area contributed by atoms with Crippen molar-refractivity contribution in [1.29, 1.82) is 0 Å². The van der Waals surface area contributed by atoms with Crippen molar-refractivity contribution < 1.29 is 19.8 Å². The van der Waals surface area contributed by atoms with Crippen LogP contribution in [0.25, 0.3) is 11.0 Å². The van der Waals surface area contributed by atoms with E-state index >= 15 is 0 Å². The number of aliphatic hydroxyl groups excluding tert-OH is 1. The highest BCUT2D eigenvalue weighted by Crippen LogP contribution is 2.37. The SMILES string of the molecule is NC(=O)C(C[C@H](O)[C@H](Cc1ccccc1)NC(=O)c1cnc2ccccc2n1)C1(O)CCCCC1. The minimum Gasteiger partial charge on any atom is -0.391 e. The third-order valence-corrected chi connectivity index (χ3v) is 6.95. The number of nitrogens with one attached hydrogen (secondary N) is 1. The fraction of sp³-hybridized carbons (Fsp3) is 0.407. The molecule has 8 nitrogen and oxygen atoms in total. The zero-order chi connectivity index (χ0) is 24.8. The van der Waals surface area contributed by atoms with Gasteiger partial charge in [-0.05, 0) is 43.4 Å². The van der Waals surface area contributed by atoms with Gasteiger partial charge in [-0.15, -0.1) is 0 Å². The number of amides is 2. The molecule has 5 N–H and O–H groups in total. The quantitative estimate of drug-likeness (QED) is 0.374. The molecule has 3 aromatic rings. The molecular weight excluding hydrogens is 444 g/mol. The molecule has 1 unspecified atom stereocenters. The summed E-state index contributed by atoms with van der Waals surface area (Å²) in [6, 6.07) is 16.0. The molecule has 184 valence electrons.